The zero-order valence-electron chi connectivity index (χ0n) is 15.7. The number of rotatable bonds is 8. The molecule has 0 aliphatic carbocycles. The molecule has 0 unspecified atom stereocenters. The van der Waals surface area contributed by atoms with Gasteiger partial charge in [0.25, 0.3) is 0 Å². The zero-order valence-corrected chi connectivity index (χ0v) is 16.6. The van der Waals surface area contributed by atoms with Crippen molar-refractivity contribution < 1.29 is 13.6 Å². The zero-order chi connectivity index (χ0) is 19.1. The van der Waals surface area contributed by atoms with Crippen molar-refractivity contribution >= 4 is 7.60 Å². The standard InChI is InChI=1S/C22H24NO3P/c1-3-25-27(24,26-4-2)17-21-15-20(18-11-7-5-8-12-18)16-23-22(21)19-13-9-6-10-14-19/h5-16H,3-4,17H2,1-2H3. The van der Waals surface area contributed by atoms with Crippen LogP contribution >= 0.6 is 7.60 Å². The van der Waals surface area contributed by atoms with Gasteiger partial charge in [-0.2, -0.15) is 0 Å². The first-order valence-electron chi connectivity index (χ1n) is 9.13. The van der Waals surface area contributed by atoms with Crippen LogP contribution in [0, 0.1) is 0 Å². The molecule has 1 heterocycles. The highest BCUT2D eigenvalue weighted by Gasteiger charge is 2.26. The van der Waals surface area contributed by atoms with Crippen LogP contribution < -0.4 is 0 Å². The highest BCUT2D eigenvalue weighted by molar-refractivity contribution is 7.53. The Morgan fingerprint density at radius 1 is 0.815 bits per heavy atom. The molecule has 0 saturated heterocycles. The second kappa shape index (κ2) is 9.09. The third-order valence-corrected chi connectivity index (χ3v) is 6.17. The van der Waals surface area contributed by atoms with Crippen LogP contribution in [0.1, 0.15) is 19.4 Å². The molecule has 0 N–H and O–H groups in total. The third kappa shape index (κ3) is 4.92. The molecule has 3 aromatic rings. The largest absolute Gasteiger partial charge is 0.335 e. The van der Waals surface area contributed by atoms with E-state index in [1.807, 2.05) is 86.8 Å². The maximum absolute atomic E-state index is 13.1. The highest BCUT2D eigenvalue weighted by Crippen LogP contribution is 2.52. The van der Waals surface area contributed by atoms with Gasteiger partial charge in [0.1, 0.15) is 0 Å². The van der Waals surface area contributed by atoms with Crippen LogP contribution in [0.2, 0.25) is 0 Å². The molecule has 0 radical (unpaired) electrons. The van der Waals surface area contributed by atoms with Crippen LogP contribution in [0.4, 0.5) is 0 Å². The Balaban J connectivity index is 2.08. The molecule has 3 rings (SSSR count). The molecule has 0 atom stereocenters. The van der Waals surface area contributed by atoms with Crippen molar-refractivity contribution in [3.8, 4) is 22.4 Å². The normalized spacial score (nSPS) is 11.5. The molecular formula is C22H24NO3P. The minimum atomic E-state index is -3.24. The Bertz CT molecular complexity index is 903. The lowest BCUT2D eigenvalue weighted by Gasteiger charge is -2.19. The third-order valence-electron chi connectivity index (χ3n) is 4.14. The Labute approximate surface area is 160 Å². The van der Waals surface area contributed by atoms with Gasteiger partial charge in [0.05, 0.1) is 25.1 Å². The minimum absolute atomic E-state index is 0.187. The van der Waals surface area contributed by atoms with Crippen LogP contribution in [-0.4, -0.2) is 18.2 Å². The quantitative estimate of drug-likeness (QED) is 0.437. The fraction of sp³-hybridized carbons (Fsp3) is 0.227. The van der Waals surface area contributed by atoms with Gasteiger partial charge in [0, 0.05) is 17.3 Å². The molecule has 2 aromatic carbocycles. The predicted octanol–water partition coefficient (Wildman–Crippen LogP) is 6.18. The Morgan fingerprint density at radius 3 is 1.93 bits per heavy atom. The monoisotopic (exact) mass is 381 g/mol. The molecule has 1 aromatic heterocycles. The summed E-state index contributed by atoms with van der Waals surface area (Å²) in [4.78, 5) is 4.70. The summed E-state index contributed by atoms with van der Waals surface area (Å²) in [6.07, 6.45) is 2.04. The fourth-order valence-electron chi connectivity index (χ4n) is 3.01. The summed E-state index contributed by atoms with van der Waals surface area (Å²) >= 11 is 0. The van der Waals surface area contributed by atoms with Gasteiger partial charge in [0.15, 0.2) is 0 Å². The minimum Gasteiger partial charge on any atom is -0.309 e. The summed E-state index contributed by atoms with van der Waals surface area (Å²) < 4.78 is 24.2. The van der Waals surface area contributed by atoms with E-state index in [1.54, 1.807) is 0 Å². The van der Waals surface area contributed by atoms with E-state index >= 15 is 0 Å². The molecule has 0 aliphatic rings. The van der Waals surface area contributed by atoms with E-state index in [-0.39, 0.29) is 6.16 Å². The first-order valence-corrected chi connectivity index (χ1v) is 10.9. The summed E-state index contributed by atoms with van der Waals surface area (Å²) in [7, 11) is -3.24. The van der Waals surface area contributed by atoms with Crippen LogP contribution in [0.15, 0.2) is 72.9 Å². The van der Waals surface area contributed by atoms with E-state index in [0.717, 1.165) is 27.9 Å². The van der Waals surface area contributed by atoms with Gasteiger partial charge < -0.3 is 9.05 Å². The number of hydrogen-bond acceptors (Lipinski definition) is 4. The topological polar surface area (TPSA) is 48.4 Å². The molecule has 0 bridgehead atoms. The van der Waals surface area contributed by atoms with Crippen molar-refractivity contribution in [2.24, 2.45) is 0 Å². The van der Waals surface area contributed by atoms with Crippen molar-refractivity contribution in [1.29, 1.82) is 0 Å². The number of aromatic nitrogens is 1. The van der Waals surface area contributed by atoms with Gasteiger partial charge in [-0.25, -0.2) is 0 Å². The van der Waals surface area contributed by atoms with E-state index in [4.69, 9.17) is 14.0 Å². The van der Waals surface area contributed by atoms with Gasteiger partial charge in [-0.15, -0.1) is 0 Å². The summed E-state index contributed by atoms with van der Waals surface area (Å²) in [5.74, 6) is 0. The molecule has 0 spiro atoms. The lowest BCUT2D eigenvalue weighted by molar-refractivity contribution is 0.219. The number of nitrogens with zero attached hydrogens (tertiary/aromatic N) is 1. The van der Waals surface area contributed by atoms with E-state index < -0.39 is 7.60 Å². The summed E-state index contributed by atoms with van der Waals surface area (Å²) in [5.41, 5.74) is 4.67. The predicted molar refractivity (Wildman–Crippen MR) is 110 cm³/mol. The van der Waals surface area contributed by atoms with Crippen molar-refractivity contribution in [2.75, 3.05) is 13.2 Å². The molecule has 27 heavy (non-hydrogen) atoms. The highest BCUT2D eigenvalue weighted by atomic mass is 31.2. The molecule has 0 amide bonds. The molecule has 0 fully saturated rings. The Morgan fingerprint density at radius 2 is 1.37 bits per heavy atom. The van der Waals surface area contributed by atoms with Crippen molar-refractivity contribution in [2.45, 2.75) is 20.0 Å². The number of pyridine rings is 1. The van der Waals surface area contributed by atoms with Crippen molar-refractivity contribution in [3.63, 3.8) is 0 Å². The lowest BCUT2D eigenvalue weighted by Crippen LogP contribution is -2.02. The summed E-state index contributed by atoms with van der Waals surface area (Å²) in [6, 6.07) is 22.0. The fourth-order valence-corrected chi connectivity index (χ4v) is 4.71. The van der Waals surface area contributed by atoms with Crippen molar-refractivity contribution in [3.05, 3.63) is 78.5 Å². The van der Waals surface area contributed by atoms with Crippen LogP contribution in [-0.2, 0) is 19.8 Å². The van der Waals surface area contributed by atoms with E-state index in [0.29, 0.717) is 13.2 Å². The van der Waals surface area contributed by atoms with Gasteiger partial charge in [0.2, 0.25) is 0 Å². The first kappa shape index (κ1) is 19.5. The van der Waals surface area contributed by atoms with Gasteiger partial charge >= 0.3 is 7.60 Å². The number of benzene rings is 2. The second-order valence-corrected chi connectivity index (χ2v) is 8.12. The van der Waals surface area contributed by atoms with Gasteiger partial charge in [-0.05, 0) is 31.0 Å². The average Bonchev–Trinajstić information content (AvgIpc) is 2.69. The number of hydrogen-bond donors (Lipinski definition) is 0. The second-order valence-electron chi connectivity index (χ2n) is 6.07. The van der Waals surface area contributed by atoms with E-state index in [2.05, 4.69) is 0 Å². The van der Waals surface area contributed by atoms with Gasteiger partial charge in [-0.1, -0.05) is 60.7 Å². The molecule has 0 aliphatic heterocycles. The Hall–Kier alpha value is -2.26. The van der Waals surface area contributed by atoms with E-state index in [9.17, 15) is 4.57 Å². The van der Waals surface area contributed by atoms with E-state index in [1.165, 1.54) is 0 Å². The maximum atomic E-state index is 13.1. The molecule has 5 heteroatoms. The lowest BCUT2D eigenvalue weighted by atomic mass is 10.0. The SMILES string of the molecule is CCOP(=O)(Cc1cc(-c2ccccc2)cnc1-c1ccccc1)OCC. The molecule has 4 nitrogen and oxygen atoms in total. The van der Waals surface area contributed by atoms with Gasteiger partial charge in [-0.3, -0.25) is 9.55 Å². The molecule has 140 valence electrons. The maximum Gasteiger partial charge on any atom is 0.335 e. The Kier molecular flexibility index (Phi) is 6.57. The summed E-state index contributed by atoms with van der Waals surface area (Å²) in [6.45, 7) is 4.32. The smallest absolute Gasteiger partial charge is 0.309 e. The molecular weight excluding hydrogens is 357 g/mol. The molecule has 0 saturated carbocycles. The average molecular weight is 381 g/mol. The summed E-state index contributed by atoms with van der Waals surface area (Å²) in [5, 5.41) is 0. The van der Waals surface area contributed by atoms with Crippen LogP contribution in [0.3, 0.4) is 0 Å². The van der Waals surface area contributed by atoms with Crippen LogP contribution in [0.25, 0.3) is 22.4 Å². The van der Waals surface area contributed by atoms with Crippen molar-refractivity contribution in [1.82, 2.24) is 4.98 Å². The van der Waals surface area contributed by atoms with Crippen LogP contribution in [0.5, 0.6) is 0 Å². The first-order chi connectivity index (χ1) is 13.1.